The van der Waals surface area contributed by atoms with Crippen molar-refractivity contribution < 1.29 is 4.42 Å². The van der Waals surface area contributed by atoms with Crippen LogP contribution in [0.25, 0.3) is 11.0 Å². The second kappa shape index (κ2) is 6.18. The zero-order valence-electron chi connectivity index (χ0n) is 13.0. The van der Waals surface area contributed by atoms with E-state index in [-0.39, 0.29) is 6.04 Å². The smallest absolute Gasteiger partial charge is 0.134 e. The van der Waals surface area contributed by atoms with E-state index in [9.17, 15) is 0 Å². The Hall–Kier alpha value is -1.36. The number of fused-ring (bicyclic) bond motifs is 1. The van der Waals surface area contributed by atoms with Crippen LogP contribution in [0, 0.1) is 0 Å². The van der Waals surface area contributed by atoms with Gasteiger partial charge in [0.05, 0.1) is 6.04 Å². The quantitative estimate of drug-likeness (QED) is 0.942. The zero-order valence-corrected chi connectivity index (χ0v) is 13.0. The van der Waals surface area contributed by atoms with E-state index in [4.69, 9.17) is 10.2 Å². The Morgan fingerprint density at radius 1 is 1.33 bits per heavy atom. The van der Waals surface area contributed by atoms with Crippen LogP contribution in [0.15, 0.2) is 34.7 Å². The fourth-order valence-electron chi connectivity index (χ4n) is 3.22. The molecule has 1 fully saturated rings. The fourth-order valence-corrected chi connectivity index (χ4v) is 3.22. The van der Waals surface area contributed by atoms with Gasteiger partial charge in [0.1, 0.15) is 11.3 Å². The average molecular weight is 287 g/mol. The van der Waals surface area contributed by atoms with Crippen molar-refractivity contribution in [1.82, 2.24) is 9.80 Å². The molecular formula is C17H25N3O. The molecular weight excluding hydrogens is 262 g/mol. The zero-order chi connectivity index (χ0) is 14.8. The summed E-state index contributed by atoms with van der Waals surface area (Å²) in [6.07, 6.45) is 1.20. The fraction of sp³-hybridized carbons (Fsp3) is 0.529. The Bertz CT molecular complexity index is 561. The highest BCUT2D eigenvalue weighted by atomic mass is 16.3. The maximum Gasteiger partial charge on any atom is 0.134 e. The van der Waals surface area contributed by atoms with Crippen molar-refractivity contribution in [1.29, 1.82) is 0 Å². The summed E-state index contributed by atoms with van der Waals surface area (Å²) >= 11 is 0. The molecule has 1 aromatic carbocycles. The number of furan rings is 1. The lowest BCUT2D eigenvalue weighted by molar-refractivity contribution is 0.187. The molecule has 2 aromatic rings. The molecule has 1 aliphatic heterocycles. The molecule has 0 bridgehead atoms. The largest absolute Gasteiger partial charge is 0.459 e. The highest BCUT2D eigenvalue weighted by Gasteiger charge is 2.23. The van der Waals surface area contributed by atoms with Gasteiger partial charge in [0.2, 0.25) is 0 Å². The lowest BCUT2D eigenvalue weighted by Gasteiger charge is -2.29. The topological polar surface area (TPSA) is 45.6 Å². The number of para-hydroxylation sites is 1. The molecule has 114 valence electrons. The molecule has 4 nitrogen and oxygen atoms in total. The number of nitrogens with zero attached hydrogens (tertiary/aromatic N) is 2. The third kappa shape index (κ3) is 3.28. The SMILES string of the molecule is CC1CN(C)CCCN1CC(N)c1cc2ccccc2o1. The standard InChI is InChI=1S/C17H25N3O/c1-13-11-19(2)8-5-9-20(13)12-15(18)17-10-14-6-3-4-7-16(14)21-17/h3-4,6-7,10,13,15H,5,8-9,11-12,18H2,1-2H3. The second-order valence-corrected chi connectivity index (χ2v) is 6.25. The Balaban J connectivity index is 1.71. The molecule has 0 aliphatic carbocycles. The van der Waals surface area contributed by atoms with Crippen molar-refractivity contribution in [2.24, 2.45) is 5.73 Å². The molecule has 21 heavy (non-hydrogen) atoms. The summed E-state index contributed by atoms with van der Waals surface area (Å²) in [6, 6.07) is 10.6. The predicted molar refractivity (Wildman–Crippen MR) is 86.3 cm³/mol. The molecule has 1 saturated heterocycles. The molecule has 2 unspecified atom stereocenters. The Morgan fingerprint density at radius 2 is 2.14 bits per heavy atom. The summed E-state index contributed by atoms with van der Waals surface area (Å²) in [5.74, 6) is 0.890. The van der Waals surface area contributed by atoms with Crippen molar-refractivity contribution in [2.75, 3.05) is 33.2 Å². The highest BCUT2D eigenvalue weighted by molar-refractivity contribution is 5.77. The van der Waals surface area contributed by atoms with Crippen LogP contribution in [-0.4, -0.2) is 49.1 Å². The van der Waals surface area contributed by atoms with Crippen LogP contribution in [0.2, 0.25) is 0 Å². The van der Waals surface area contributed by atoms with Gasteiger partial charge in [-0.2, -0.15) is 0 Å². The van der Waals surface area contributed by atoms with Gasteiger partial charge in [0.15, 0.2) is 0 Å². The van der Waals surface area contributed by atoms with Crippen molar-refractivity contribution in [2.45, 2.75) is 25.4 Å². The van der Waals surface area contributed by atoms with Crippen molar-refractivity contribution >= 4 is 11.0 Å². The number of hydrogen-bond acceptors (Lipinski definition) is 4. The van der Waals surface area contributed by atoms with Crippen LogP contribution in [0.4, 0.5) is 0 Å². The summed E-state index contributed by atoms with van der Waals surface area (Å²) in [6.45, 7) is 6.52. The van der Waals surface area contributed by atoms with Gasteiger partial charge >= 0.3 is 0 Å². The molecule has 2 N–H and O–H groups in total. The van der Waals surface area contributed by atoms with Crippen LogP contribution in [0.1, 0.15) is 25.1 Å². The third-order valence-corrected chi connectivity index (χ3v) is 4.43. The molecule has 0 spiro atoms. The van der Waals surface area contributed by atoms with E-state index < -0.39 is 0 Å². The first-order valence-corrected chi connectivity index (χ1v) is 7.80. The minimum absolute atomic E-state index is 0.0664. The summed E-state index contributed by atoms with van der Waals surface area (Å²) in [7, 11) is 2.19. The predicted octanol–water partition coefficient (Wildman–Crippen LogP) is 2.46. The van der Waals surface area contributed by atoms with Crippen LogP contribution in [-0.2, 0) is 0 Å². The molecule has 2 atom stereocenters. The van der Waals surface area contributed by atoms with Crippen LogP contribution in [0.5, 0.6) is 0 Å². The van der Waals surface area contributed by atoms with Crippen molar-refractivity contribution in [3.8, 4) is 0 Å². The number of likely N-dealkylation sites (N-methyl/N-ethyl adjacent to an activating group) is 1. The lowest BCUT2D eigenvalue weighted by atomic mass is 10.1. The molecule has 3 rings (SSSR count). The molecule has 1 aromatic heterocycles. The number of nitrogens with two attached hydrogens (primary N) is 1. The average Bonchev–Trinajstić information content (AvgIpc) is 2.83. The van der Waals surface area contributed by atoms with Gasteiger partial charge in [-0.15, -0.1) is 0 Å². The maximum atomic E-state index is 6.39. The normalized spacial score (nSPS) is 23.3. The summed E-state index contributed by atoms with van der Waals surface area (Å²) in [4.78, 5) is 4.89. The number of rotatable bonds is 3. The maximum absolute atomic E-state index is 6.39. The first-order valence-electron chi connectivity index (χ1n) is 7.80. The van der Waals surface area contributed by atoms with Crippen molar-refractivity contribution in [3.63, 3.8) is 0 Å². The van der Waals surface area contributed by atoms with Crippen LogP contribution < -0.4 is 5.73 Å². The lowest BCUT2D eigenvalue weighted by Crippen LogP contribution is -2.41. The van der Waals surface area contributed by atoms with Gasteiger partial charge in [-0.05, 0) is 45.6 Å². The van der Waals surface area contributed by atoms with E-state index in [1.807, 2.05) is 18.2 Å². The number of hydrogen-bond donors (Lipinski definition) is 1. The van der Waals surface area contributed by atoms with E-state index in [0.29, 0.717) is 6.04 Å². The minimum atomic E-state index is -0.0664. The van der Waals surface area contributed by atoms with E-state index in [2.05, 4.69) is 35.9 Å². The van der Waals surface area contributed by atoms with Gasteiger partial charge in [-0.3, -0.25) is 4.90 Å². The van der Waals surface area contributed by atoms with Gasteiger partial charge in [0, 0.05) is 24.5 Å². The van der Waals surface area contributed by atoms with Gasteiger partial charge in [-0.25, -0.2) is 0 Å². The number of benzene rings is 1. The molecule has 0 amide bonds. The third-order valence-electron chi connectivity index (χ3n) is 4.43. The highest BCUT2D eigenvalue weighted by Crippen LogP contribution is 2.24. The summed E-state index contributed by atoms with van der Waals surface area (Å²) in [5, 5.41) is 1.13. The first kappa shape index (κ1) is 14.6. The molecule has 4 heteroatoms. The van der Waals surface area contributed by atoms with Crippen LogP contribution in [0.3, 0.4) is 0 Å². The van der Waals surface area contributed by atoms with Gasteiger partial charge in [0.25, 0.3) is 0 Å². The van der Waals surface area contributed by atoms with Crippen LogP contribution >= 0.6 is 0 Å². The molecule has 2 heterocycles. The Kier molecular flexibility index (Phi) is 4.29. The van der Waals surface area contributed by atoms with E-state index in [1.54, 1.807) is 0 Å². The monoisotopic (exact) mass is 287 g/mol. The molecule has 0 radical (unpaired) electrons. The molecule has 1 aliphatic rings. The minimum Gasteiger partial charge on any atom is -0.459 e. The second-order valence-electron chi connectivity index (χ2n) is 6.25. The Labute approximate surface area is 126 Å². The molecule has 0 saturated carbocycles. The summed E-state index contributed by atoms with van der Waals surface area (Å²) < 4.78 is 5.90. The summed E-state index contributed by atoms with van der Waals surface area (Å²) in [5.41, 5.74) is 7.31. The van der Waals surface area contributed by atoms with E-state index >= 15 is 0 Å². The van der Waals surface area contributed by atoms with E-state index in [1.165, 1.54) is 13.0 Å². The van der Waals surface area contributed by atoms with Crippen molar-refractivity contribution in [3.05, 3.63) is 36.1 Å². The van der Waals surface area contributed by atoms with E-state index in [0.717, 1.165) is 36.4 Å². The van der Waals surface area contributed by atoms with Gasteiger partial charge < -0.3 is 15.1 Å². The first-order chi connectivity index (χ1) is 10.1. The Morgan fingerprint density at radius 3 is 2.95 bits per heavy atom. The van der Waals surface area contributed by atoms with Gasteiger partial charge in [-0.1, -0.05) is 18.2 Å².